The molecule has 0 bridgehead atoms. The van der Waals surface area contributed by atoms with Gasteiger partial charge in [-0.25, -0.2) is 10.5 Å². The molecule has 0 radical (unpaired) electrons. The van der Waals surface area contributed by atoms with Crippen molar-refractivity contribution in [2.75, 3.05) is 26.2 Å². The van der Waals surface area contributed by atoms with Crippen LogP contribution in [0.2, 0.25) is 0 Å². The van der Waals surface area contributed by atoms with Crippen molar-refractivity contribution in [2.45, 2.75) is 31.8 Å². The molecule has 3 aromatic heterocycles. The van der Waals surface area contributed by atoms with Gasteiger partial charge in [-0.3, -0.25) is 14.2 Å². The minimum Gasteiger partial charge on any atom is -0.497 e. The Labute approximate surface area is 205 Å². The predicted molar refractivity (Wildman–Crippen MR) is 126 cm³/mol. The largest absolute Gasteiger partial charge is 0.497 e. The Hall–Kier alpha value is -4.14. The number of likely N-dealkylation sites (N-methyl/N-ethyl adjacent to an activating group) is 1. The SMILES string of the molecule is CCONc1nc(-n2cc(-c3cccc(OC)c3)nn2)nc2c1ncn2C1O[C@H](C(=O)NC)C[C@H]1O. The minimum absolute atomic E-state index is 0.138. The molecule has 14 heteroatoms. The van der Waals surface area contributed by atoms with Gasteiger partial charge in [0, 0.05) is 19.0 Å². The molecule has 188 valence electrons. The fourth-order valence-electron chi connectivity index (χ4n) is 3.91. The number of aromatic nitrogens is 7. The lowest BCUT2D eigenvalue weighted by atomic mass is 10.1. The number of hydrogen-bond acceptors (Lipinski definition) is 11. The fourth-order valence-corrected chi connectivity index (χ4v) is 3.91. The number of aliphatic hydroxyl groups is 1. The highest BCUT2D eigenvalue weighted by molar-refractivity contribution is 5.83. The molecule has 1 aromatic carbocycles. The molecule has 3 atom stereocenters. The number of benzene rings is 1. The van der Waals surface area contributed by atoms with E-state index >= 15 is 0 Å². The van der Waals surface area contributed by atoms with Crippen LogP contribution in [0.5, 0.6) is 5.75 Å². The van der Waals surface area contributed by atoms with E-state index < -0.39 is 18.4 Å². The summed E-state index contributed by atoms with van der Waals surface area (Å²) in [6.07, 6.45) is 0.683. The van der Waals surface area contributed by atoms with E-state index in [2.05, 4.69) is 36.1 Å². The number of hydrogen-bond donors (Lipinski definition) is 3. The zero-order valence-corrected chi connectivity index (χ0v) is 19.8. The summed E-state index contributed by atoms with van der Waals surface area (Å²) >= 11 is 0. The molecule has 1 unspecified atom stereocenters. The van der Waals surface area contributed by atoms with Crippen molar-refractivity contribution < 1.29 is 24.2 Å². The van der Waals surface area contributed by atoms with Gasteiger partial charge in [-0.15, -0.1) is 5.10 Å². The Bertz CT molecular complexity index is 1390. The molecule has 0 spiro atoms. The molecule has 5 rings (SSSR count). The van der Waals surface area contributed by atoms with Gasteiger partial charge in [-0.1, -0.05) is 17.3 Å². The van der Waals surface area contributed by atoms with Crippen LogP contribution >= 0.6 is 0 Å². The maximum absolute atomic E-state index is 12.1. The lowest BCUT2D eigenvalue weighted by Crippen LogP contribution is -2.31. The average molecular weight is 496 g/mol. The lowest BCUT2D eigenvalue weighted by molar-refractivity contribution is -0.134. The van der Waals surface area contributed by atoms with Gasteiger partial charge in [-0.05, 0) is 19.1 Å². The van der Waals surface area contributed by atoms with Crippen molar-refractivity contribution in [3.63, 3.8) is 0 Å². The third-order valence-electron chi connectivity index (χ3n) is 5.69. The Morgan fingerprint density at radius 1 is 1.33 bits per heavy atom. The molecule has 1 fully saturated rings. The van der Waals surface area contributed by atoms with Crippen LogP contribution in [-0.4, -0.2) is 78.5 Å². The van der Waals surface area contributed by atoms with E-state index in [1.165, 1.54) is 18.1 Å². The third-order valence-corrected chi connectivity index (χ3v) is 5.69. The summed E-state index contributed by atoms with van der Waals surface area (Å²) in [4.78, 5) is 30.9. The number of ether oxygens (including phenoxy) is 2. The third kappa shape index (κ3) is 4.32. The average Bonchev–Trinajstić information content (AvgIpc) is 3.65. The molecule has 1 amide bonds. The number of methoxy groups -OCH3 is 1. The van der Waals surface area contributed by atoms with Crippen molar-refractivity contribution in [2.24, 2.45) is 0 Å². The van der Waals surface area contributed by atoms with Gasteiger partial charge in [0.2, 0.25) is 5.91 Å². The van der Waals surface area contributed by atoms with E-state index in [0.717, 1.165) is 5.56 Å². The maximum Gasteiger partial charge on any atom is 0.256 e. The summed E-state index contributed by atoms with van der Waals surface area (Å²) in [6.45, 7) is 2.20. The maximum atomic E-state index is 12.1. The topological polar surface area (TPSA) is 163 Å². The number of rotatable bonds is 8. The lowest BCUT2D eigenvalue weighted by Gasteiger charge is -2.17. The molecular weight excluding hydrogens is 470 g/mol. The fraction of sp³-hybridized carbons (Fsp3) is 0.364. The summed E-state index contributed by atoms with van der Waals surface area (Å²) in [5, 5.41) is 21.6. The molecule has 3 N–H and O–H groups in total. The van der Waals surface area contributed by atoms with Crippen molar-refractivity contribution in [3.8, 4) is 23.0 Å². The molecule has 4 aromatic rings. The van der Waals surface area contributed by atoms with Gasteiger partial charge in [0.25, 0.3) is 5.95 Å². The van der Waals surface area contributed by atoms with E-state index in [1.807, 2.05) is 31.2 Å². The van der Waals surface area contributed by atoms with E-state index in [1.54, 1.807) is 17.9 Å². The molecule has 1 aliphatic rings. The highest BCUT2D eigenvalue weighted by atomic mass is 16.6. The predicted octanol–water partition coefficient (Wildman–Crippen LogP) is 0.840. The summed E-state index contributed by atoms with van der Waals surface area (Å²) in [5.74, 6) is 0.854. The molecule has 4 heterocycles. The first-order valence-electron chi connectivity index (χ1n) is 11.3. The van der Waals surface area contributed by atoms with E-state index in [9.17, 15) is 9.90 Å². The Balaban J connectivity index is 1.55. The molecule has 1 aliphatic heterocycles. The van der Waals surface area contributed by atoms with Crippen molar-refractivity contribution in [3.05, 3.63) is 36.8 Å². The van der Waals surface area contributed by atoms with Gasteiger partial charge < -0.3 is 19.9 Å². The number of amides is 1. The van der Waals surface area contributed by atoms with Crippen molar-refractivity contribution >= 4 is 22.9 Å². The Kier molecular flexibility index (Phi) is 6.45. The number of anilines is 1. The second-order valence-corrected chi connectivity index (χ2v) is 7.94. The van der Waals surface area contributed by atoms with Gasteiger partial charge in [0.1, 0.15) is 23.7 Å². The smallest absolute Gasteiger partial charge is 0.256 e. The second kappa shape index (κ2) is 9.85. The van der Waals surface area contributed by atoms with Crippen LogP contribution < -0.4 is 15.5 Å². The molecule has 0 saturated carbocycles. The molecule has 36 heavy (non-hydrogen) atoms. The van der Waals surface area contributed by atoms with Gasteiger partial charge >= 0.3 is 0 Å². The van der Waals surface area contributed by atoms with E-state index in [-0.39, 0.29) is 18.3 Å². The Morgan fingerprint density at radius 3 is 2.97 bits per heavy atom. The summed E-state index contributed by atoms with van der Waals surface area (Å²) < 4.78 is 14.1. The summed E-state index contributed by atoms with van der Waals surface area (Å²) in [6, 6.07) is 7.43. The van der Waals surface area contributed by atoms with Crippen LogP contribution in [0.3, 0.4) is 0 Å². The molecule has 0 aliphatic carbocycles. The zero-order valence-electron chi connectivity index (χ0n) is 19.8. The number of aliphatic hydroxyl groups excluding tert-OH is 1. The standard InChI is InChI=1S/C22H25N9O5/c1-4-35-28-18-17-19(30(11-24-17)21-15(32)9-16(36-21)20(33)23-2)26-22(25-18)31-10-14(27-29-31)12-6-5-7-13(8-12)34-3/h5-8,10-11,15-16,21,32H,4,9H2,1-3H3,(H,23,33)(H,25,26,28)/t15-,16+,21?/m1/s1. The van der Waals surface area contributed by atoms with E-state index in [4.69, 9.17) is 14.3 Å². The number of carbonyl (C=O) groups excluding carboxylic acids is 1. The zero-order chi connectivity index (χ0) is 25.2. The van der Waals surface area contributed by atoms with Crippen LogP contribution in [0.25, 0.3) is 28.4 Å². The highest BCUT2D eigenvalue weighted by Crippen LogP contribution is 2.32. The first-order chi connectivity index (χ1) is 17.5. The first kappa shape index (κ1) is 23.6. The highest BCUT2D eigenvalue weighted by Gasteiger charge is 2.39. The normalized spacial score (nSPS) is 19.5. The van der Waals surface area contributed by atoms with Crippen LogP contribution in [0.15, 0.2) is 36.8 Å². The van der Waals surface area contributed by atoms with E-state index in [0.29, 0.717) is 35.0 Å². The molecule has 1 saturated heterocycles. The van der Waals surface area contributed by atoms with Crippen LogP contribution in [0, 0.1) is 0 Å². The van der Waals surface area contributed by atoms with Gasteiger partial charge in [-0.2, -0.15) is 14.6 Å². The van der Waals surface area contributed by atoms with Gasteiger partial charge in [0.05, 0.1) is 26.2 Å². The monoisotopic (exact) mass is 495 g/mol. The van der Waals surface area contributed by atoms with Crippen LogP contribution in [0.4, 0.5) is 5.82 Å². The Morgan fingerprint density at radius 2 is 2.19 bits per heavy atom. The number of fused-ring (bicyclic) bond motifs is 1. The minimum atomic E-state index is -0.947. The number of imidazole rings is 1. The second-order valence-electron chi connectivity index (χ2n) is 7.94. The van der Waals surface area contributed by atoms with Crippen molar-refractivity contribution in [1.29, 1.82) is 0 Å². The molecular formula is C22H25N9O5. The molecule has 14 nitrogen and oxygen atoms in total. The van der Waals surface area contributed by atoms with Crippen LogP contribution in [0.1, 0.15) is 19.6 Å². The first-order valence-corrected chi connectivity index (χ1v) is 11.3. The number of nitrogens with one attached hydrogen (secondary N) is 2. The quantitative estimate of drug-likeness (QED) is 0.297. The summed E-state index contributed by atoms with van der Waals surface area (Å²) in [5.41, 5.74) is 4.92. The summed E-state index contributed by atoms with van der Waals surface area (Å²) in [7, 11) is 3.11. The van der Waals surface area contributed by atoms with Gasteiger partial charge in [0.15, 0.2) is 23.2 Å². The number of nitrogens with zero attached hydrogens (tertiary/aromatic N) is 7. The van der Waals surface area contributed by atoms with Crippen LogP contribution in [-0.2, 0) is 14.4 Å². The van der Waals surface area contributed by atoms with Crippen molar-refractivity contribution in [1.82, 2.24) is 39.8 Å². The number of carbonyl (C=O) groups is 1.